The highest BCUT2D eigenvalue weighted by Crippen LogP contribution is 2.26. The summed E-state index contributed by atoms with van der Waals surface area (Å²) in [4.78, 5) is 0. The third-order valence-electron chi connectivity index (χ3n) is 2.36. The molecular weight excluding hydrogens is 165 g/mol. The highest BCUT2D eigenvalue weighted by Gasteiger charge is 2.25. The monoisotopic (exact) mass is 179 g/mol. The molecule has 11 heavy (non-hydrogen) atoms. The molecule has 0 heterocycles. The molecule has 0 aromatic carbocycles. The fraction of sp³-hybridized carbons (Fsp3) is 1.00. The van der Waals surface area contributed by atoms with E-state index in [-0.39, 0.29) is 6.67 Å². The second-order valence-corrected chi connectivity index (χ2v) is 3.40. The molecule has 2 unspecified atom stereocenters. The van der Waals surface area contributed by atoms with Crippen molar-refractivity contribution in [2.75, 3.05) is 19.1 Å². The first-order valence-corrected chi connectivity index (χ1v) is 4.77. The summed E-state index contributed by atoms with van der Waals surface area (Å²) in [6.07, 6.45) is 3.60. The van der Waals surface area contributed by atoms with Crippen molar-refractivity contribution in [2.45, 2.75) is 25.3 Å². The van der Waals surface area contributed by atoms with Crippen LogP contribution in [-0.4, -0.2) is 25.1 Å². The van der Waals surface area contributed by atoms with Crippen LogP contribution in [0, 0.1) is 5.92 Å². The number of hydrogen-bond acceptors (Lipinski definition) is 1. The molecule has 1 aliphatic carbocycles. The number of nitrogens with one attached hydrogen (secondary N) is 1. The molecule has 0 aromatic heterocycles. The standard InChI is InChI=1S/C8H15ClFN/c9-6-7-2-1-3-8(7)11-5-4-10/h7-8,11H,1-6H2. The molecule has 2 atom stereocenters. The van der Waals surface area contributed by atoms with Crippen molar-refractivity contribution in [3.63, 3.8) is 0 Å². The Bertz CT molecular complexity index is 110. The average molecular weight is 180 g/mol. The molecule has 0 radical (unpaired) electrons. The molecule has 0 saturated heterocycles. The van der Waals surface area contributed by atoms with E-state index >= 15 is 0 Å². The van der Waals surface area contributed by atoms with Gasteiger partial charge in [-0.3, -0.25) is 0 Å². The summed E-state index contributed by atoms with van der Waals surface area (Å²) in [7, 11) is 0. The van der Waals surface area contributed by atoms with E-state index in [1.54, 1.807) is 0 Å². The Kier molecular flexibility index (Phi) is 4.16. The van der Waals surface area contributed by atoms with Gasteiger partial charge in [-0.25, -0.2) is 4.39 Å². The summed E-state index contributed by atoms with van der Waals surface area (Å²) in [6.45, 7) is 0.212. The number of hydrogen-bond donors (Lipinski definition) is 1. The molecule has 1 aliphatic rings. The molecule has 1 saturated carbocycles. The van der Waals surface area contributed by atoms with E-state index in [1.807, 2.05) is 0 Å². The molecule has 0 aliphatic heterocycles. The van der Waals surface area contributed by atoms with Gasteiger partial charge in [-0.05, 0) is 18.8 Å². The Morgan fingerprint density at radius 1 is 1.45 bits per heavy atom. The fourth-order valence-electron chi connectivity index (χ4n) is 1.73. The van der Waals surface area contributed by atoms with Gasteiger partial charge in [0.15, 0.2) is 0 Å². The zero-order chi connectivity index (χ0) is 8.10. The summed E-state index contributed by atoms with van der Waals surface area (Å²) < 4.78 is 11.8. The molecule has 66 valence electrons. The third kappa shape index (κ3) is 2.60. The van der Waals surface area contributed by atoms with Gasteiger partial charge in [0.2, 0.25) is 0 Å². The molecule has 0 bridgehead atoms. The highest BCUT2D eigenvalue weighted by molar-refractivity contribution is 6.18. The lowest BCUT2D eigenvalue weighted by molar-refractivity contribution is 0.390. The van der Waals surface area contributed by atoms with Gasteiger partial charge in [0.05, 0.1) is 0 Å². The maximum absolute atomic E-state index is 11.8. The molecule has 3 heteroatoms. The number of halogens is 2. The largest absolute Gasteiger partial charge is 0.311 e. The first-order valence-electron chi connectivity index (χ1n) is 4.23. The Morgan fingerprint density at radius 3 is 2.91 bits per heavy atom. The zero-order valence-electron chi connectivity index (χ0n) is 6.65. The van der Waals surface area contributed by atoms with E-state index < -0.39 is 0 Å². The topological polar surface area (TPSA) is 12.0 Å². The van der Waals surface area contributed by atoms with Crippen LogP contribution in [0.2, 0.25) is 0 Å². The van der Waals surface area contributed by atoms with Crippen molar-refractivity contribution in [3.8, 4) is 0 Å². The quantitative estimate of drug-likeness (QED) is 0.651. The smallest absolute Gasteiger partial charge is 0.102 e. The second kappa shape index (κ2) is 4.94. The van der Waals surface area contributed by atoms with E-state index in [0.717, 1.165) is 6.42 Å². The minimum absolute atomic E-state index is 0.272. The van der Waals surface area contributed by atoms with Crippen molar-refractivity contribution in [1.29, 1.82) is 0 Å². The van der Waals surface area contributed by atoms with Crippen LogP contribution in [0.1, 0.15) is 19.3 Å². The normalized spacial score (nSPS) is 31.1. The predicted molar refractivity (Wildman–Crippen MR) is 45.8 cm³/mol. The van der Waals surface area contributed by atoms with Crippen LogP contribution in [0.25, 0.3) is 0 Å². The van der Waals surface area contributed by atoms with Crippen molar-refractivity contribution < 1.29 is 4.39 Å². The Hall–Kier alpha value is 0.180. The second-order valence-electron chi connectivity index (χ2n) is 3.09. The molecule has 0 spiro atoms. The van der Waals surface area contributed by atoms with Crippen LogP contribution < -0.4 is 5.32 Å². The van der Waals surface area contributed by atoms with Gasteiger partial charge in [-0.15, -0.1) is 11.6 Å². The summed E-state index contributed by atoms with van der Waals surface area (Å²) in [5.74, 6) is 1.28. The van der Waals surface area contributed by atoms with E-state index in [2.05, 4.69) is 5.32 Å². The van der Waals surface area contributed by atoms with E-state index in [4.69, 9.17) is 11.6 Å². The maximum Gasteiger partial charge on any atom is 0.102 e. The Labute approximate surface area is 72.3 Å². The molecule has 1 rings (SSSR count). The Morgan fingerprint density at radius 2 is 2.27 bits per heavy atom. The summed E-state index contributed by atoms with van der Waals surface area (Å²) in [5.41, 5.74) is 0. The lowest BCUT2D eigenvalue weighted by Gasteiger charge is -2.17. The molecule has 1 fully saturated rings. The van der Waals surface area contributed by atoms with Crippen LogP contribution in [0.3, 0.4) is 0 Å². The van der Waals surface area contributed by atoms with Crippen LogP contribution in [0.4, 0.5) is 4.39 Å². The van der Waals surface area contributed by atoms with E-state index in [1.165, 1.54) is 12.8 Å². The highest BCUT2D eigenvalue weighted by atomic mass is 35.5. The van der Waals surface area contributed by atoms with Gasteiger partial charge >= 0.3 is 0 Å². The average Bonchev–Trinajstić information content (AvgIpc) is 2.47. The molecule has 0 aromatic rings. The van der Waals surface area contributed by atoms with Crippen LogP contribution in [0.15, 0.2) is 0 Å². The molecule has 0 amide bonds. The minimum Gasteiger partial charge on any atom is -0.311 e. The lowest BCUT2D eigenvalue weighted by atomic mass is 10.1. The first kappa shape index (κ1) is 9.27. The fourth-order valence-corrected chi connectivity index (χ4v) is 2.10. The van der Waals surface area contributed by atoms with Crippen molar-refractivity contribution in [2.24, 2.45) is 5.92 Å². The van der Waals surface area contributed by atoms with E-state index in [9.17, 15) is 4.39 Å². The third-order valence-corrected chi connectivity index (χ3v) is 2.75. The Balaban J connectivity index is 2.20. The van der Waals surface area contributed by atoms with Crippen molar-refractivity contribution >= 4 is 11.6 Å². The van der Waals surface area contributed by atoms with E-state index in [0.29, 0.717) is 24.4 Å². The van der Waals surface area contributed by atoms with Gasteiger partial charge in [-0.1, -0.05) is 6.42 Å². The SMILES string of the molecule is FCCNC1CCCC1CCl. The van der Waals surface area contributed by atoms with Gasteiger partial charge in [0.1, 0.15) is 6.67 Å². The number of alkyl halides is 2. The van der Waals surface area contributed by atoms with Crippen LogP contribution >= 0.6 is 11.6 Å². The molecule has 1 nitrogen and oxygen atoms in total. The lowest BCUT2D eigenvalue weighted by Crippen LogP contribution is -2.34. The summed E-state index contributed by atoms with van der Waals surface area (Å²) >= 11 is 5.75. The maximum atomic E-state index is 11.8. The van der Waals surface area contributed by atoms with Gasteiger partial charge in [0, 0.05) is 18.5 Å². The van der Waals surface area contributed by atoms with Gasteiger partial charge in [0.25, 0.3) is 0 Å². The molecular formula is C8H15ClFN. The minimum atomic E-state index is -0.272. The first-order chi connectivity index (χ1) is 5.38. The zero-order valence-corrected chi connectivity index (χ0v) is 7.41. The van der Waals surface area contributed by atoms with Gasteiger partial charge < -0.3 is 5.32 Å². The summed E-state index contributed by atoms with van der Waals surface area (Å²) in [5, 5.41) is 3.17. The summed E-state index contributed by atoms with van der Waals surface area (Å²) in [6, 6.07) is 0.475. The van der Waals surface area contributed by atoms with Crippen molar-refractivity contribution in [1.82, 2.24) is 5.32 Å². The predicted octanol–water partition coefficient (Wildman–Crippen LogP) is 1.95. The van der Waals surface area contributed by atoms with Crippen LogP contribution in [-0.2, 0) is 0 Å². The van der Waals surface area contributed by atoms with Crippen LogP contribution in [0.5, 0.6) is 0 Å². The molecule has 1 N–H and O–H groups in total. The van der Waals surface area contributed by atoms with Gasteiger partial charge in [-0.2, -0.15) is 0 Å². The van der Waals surface area contributed by atoms with Crippen molar-refractivity contribution in [3.05, 3.63) is 0 Å². The number of rotatable bonds is 4.